The van der Waals surface area contributed by atoms with E-state index in [4.69, 9.17) is 9.05 Å². The van der Waals surface area contributed by atoms with Crippen molar-refractivity contribution < 1.29 is 18.5 Å². The van der Waals surface area contributed by atoms with Gasteiger partial charge in [-0.05, 0) is 55.0 Å². The molecule has 0 radical (unpaired) electrons. The van der Waals surface area contributed by atoms with Crippen LogP contribution in [-0.4, -0.2) is 26.4 Å². The van der Waals surface area contributed by atoms with Gasteiger partial charge in [-0.15, -0.1) is 0 Å². The van der Waals surface area contributed by atoms with Gasteiger partial charge >= 0.3 is 11.9 Å². The maximum atomic E-state index is 12.3. The van der Waals surface area contributed by atoms with Crippen LogP contribution in [0, 0.1) is 13.8 Å². The summed E-state index contributed by atoms with van der Waals surface area (Å²) in [5, 5.41) is 13.3. The molecule has 0 unspecified atom stereocenters. The van der Waals surface area contributed by atoms with E-state index in [0.717, 1.165) is 33.8 Å². The summed E-state index contributed by atoms with van der Waals surface area (Å²) in [5.74, 6) is 1.54. The molecule has 4 aromatic heterocycles. The number of rotatable bonds is 6. The third-order valence-corrected chi connectivity index (χ3v) is 5.28. The van der Waals surface area contributed by atoms with Gasteiger partial charge in [-0.1, -0.05) is 11.2 Å². The SMILES string of the molecule is Cc1noc(C)c1-c1ccc(C[n+]2cc(NC(=O)Nc3cncc(C4CC4)c3)on2)nc1. The van der Waals surface area contributed by atoms with Crippen LogP contribution in [0.2, 0.25) is 0 Å². The van der Waals surface area contributed by atoms with Crippen LogP contribution in [0.3, 0.4) is 0 Å². The summed E-state index contributed by atoms with van der Waals surface area (Å²) in [7, 11) is 0. The molecule has 162 valence electrons. The number of hydrogen-bond donors (Lipinski definition) is 2. The highest BCUT2D eigenvalue weighted by Crippen LogP contribution is 2.40. The second kappa shape index (κ2) is 8.22. The van der Waals surface area contributed by atoms with Crippen LogP contribution in [0.4, 0.5) is 16.4 Å². The predicted octanol–water partition coefficient (Wildman–Crippen LogP) is 3.59. The van der Waals surface area contributed by atoms with Gasteiger partial charge in [0.2, 0.25) is 11.8 Å². The number of amides is 2. The van der Waals surface area contributed by atoms with Gasteiger partial charge in [0.05, 0.1) is 17.6 Å². The van der Waals surface area contributed by atoms with E-state index in [1.165, 1.54) is 12.8 Å². The Morgan fingerprint density at radius 3 is 2.75 bits per heavy atom. The highest BCUT2D eigenvalue weighted by Gasteiger charge is 2.24. The van der Waals surface area contributed by atoms with Gasteiger partial charge in [-0.2, -0.15) is 0 Å². The Hall–Kier alpha value is -4.08. The van der Waals surface area contributed by atoms with Crippen LogP contribution in [-0.2, 0) is 6.54 Å². The first-order valence-corrected chi connectivity index (χ1v) is 10.3. The number of pyridine rings is 2. The first-order chi connectivity index (χ1) is 15.5. The van der Waals surface area contributed by atoms with Gasteiger partial charge in [-0.25, -0.2) is 4.79 Å². The van der Waals surface area contributed by atoms with E-state index >= 15 is 0 Å². The Bertz CT molecular complexity index is 1240. The molecule has 2 N–H and O–H groups in total. The van der Waals surface area contributed by atoms with E-state index in [9.17, 15) is 4.79 Å². The fourth-order valence-corrected chi connectivity index (χ4v) is 3.58. The normalized spacial score (nSPS) is 13.2. The Labute approximate surface area is 183 Å². The molecular weight excluding hydrogens is 410 g/mol. The molecule has 5 rings (SSSR count). The van der Waals surface area contributed by atoms with Crippen LogP contribution in [0.5, 0.6) is 0 Å². The number of nitrogens with one attached hydrogen (secondary N) is 2. The molecule has 1 aliphatic carbocycles. The highest BCUT2D eigenvalue weighted by atomic mass is 16.5. The number of anilines is 2. The van der Waals surface area contributed by atoms with Gasteiger partial charge in [0.15, 0.2) is 0 Å². The van der Waals surface area contributed by atoms with Crippen molar-refractivity contribution in [2.24, 2.45) is 0 Å². The van der Waals surface area contributed by atoms with Crippen LogP contribution in [0.15, 0.2) is 52.0 Å². The zero-order valence-corrected chi connectivity index (χ0v) is 17.7. The van der Waals surface area contributed by atoms with E-state index in [2.05, 4.69) is 31.0 Å². The summed E-state index contributed by atoms with van der Waals surface area (Å²) in [6.07, 6.45) is 9.18. The Balaban J connectivity index is 1.19. The average molecular weight is 432 g/mol. The number of urea groups is 1. The Kier molecular flexibility index (Phi) is 5.10. The summed E-state index contributed by atoms with van der Waals surface area (Å²) >= 11 is 0. The van der Waals surface area contributed by atoms with Crippen molar-refractivity contribution in [1.29, 1.82) is 0 Å². The lowest BCUT2D eigenvalue weighted by Gasteiger charge is -2.05. The second-order valence-electron chi connectivity index (χ2n) is 7.86. The third kappa shape index (κ3) is 4.34. The molecule has 4 aromatic rings. The maximum absolute atomic E-state index is 12.3. The fraction of sp³-hybridized carbons (Fsp3) is 0.273. The zero-order chi connectivity index (χ0) is 22.1. The minimum atomic E-state index is -0.426. The fourth-order valence-electron chi connectivity index (χ4n) is 3.58. The molecule has 4 heterocycles. The molecule has 0 atom stereocenters. The number of aromatic nitrogens is 5. The van der Waals surface area contributed by atoms with Gasteiger partial charge in [-0.3, -0.25) is 19.8 Å². The maximum Gasteiger partial charge on any atom is 0.326 e. The van der Waals surface area contributed by atoms with Gasteiger partial charge in [0.1, 0.15) is 11.5 Å². The van der Waals surface area contributed by atoms with Crippen molar-refractivity contribution in [3.63, 3.8) is 0 Å². The first-order valence-electron chi connectivity index (χ1n) is 10.3. The van der Waals surface area contributed by atoms with Crippen molar-refractivity contribution in [3.05, 3.63) is 65.7 Å². The van der Waals surface area contributed by atoms with Crippen LogP contribution >= 0.6 is 0 Å². The molecule has 1 fully saturated rings. The quantitative estimate of drug-likeness (QED) is 0.446. The largest absolute Gasteiger partial charge is 0.361 e. The summed E-state index contributed by atoms with van der Waals surface area (Å²) in [4.78, 5) is 21.0. The van der Waals surface area contributed by atoms with Crippen molar-refractivity contribution in [1.82, 2.24) is 20.4 Å². The molecule has 1 aliphatic rings. The summed E-state index contributed by atoms with van der Waals surface area (Å²) in [6.45, 7) is 4.16. The zero-order valence-electron chi connectivity index (χ0n) is 17.7. The van der Waals surface area contributed by atoms with Crippen molar-refractivity contribution in [3.8, 4) is 11.1 Å². The van der Waals surface area contributed by atoms with E-state index in [0.29, 0.717) is 18.2 Å². The van der Waals surface area contributed by atoms with Crippen LogP contribution < -0.4 is 15.3 Å². The summed E-state index contributed by atoms with van der Waals surface area (Å²) < 4.78 is 12.0. The van der Waals surface area contributed by atoms with Crippen molar-refractivity contribution >= 4 is 17.6 Å². The monoisotopic (exact) mass is 432 g/mol. The van der Waals surface area contributed by atoms with E-state index in [1.54, 1.807) is 23.3 Å². The number of hydrogen-bond acceptors (Lipinski definition) is 7. The Morgan fingerprint density at radius 2 is 2.03 bits per heavy atom. The molecule has 1 saturated carbocycles. The topological polar surface area (TPSA) is 123 Å². The predicted molar refractivity (Wildman–Crippen MR) is 114 cm³/mol. The second-order valence-corrected chi connectivity index (χ2v) is 7.86. The Morgan fingerprint density at radius 1 is 1.16 bits per heavy atom. The van der Waals surface area contributed by atoms with Gasteiger partial charge < -0.3 is 9.84 Å². The van der Waals surface area contributed by atoms with Crippen molar-refractivity contribution in [2.45, 2.75) is 39.2 Å². The molecule has 0 aromatic carbocycles. The first kappa shape index (κ1) is 19.9. The molecule has 0 aliphatic heterocycles. The van der Waals surface area contributed by atoms with Crippen molar-refractivity contribution in [2.75, 3.05) is 10.6 Å². The summed E-state index contributed by atoms with van der Waals surface area (Å²) in [6, 6.07) is 5.39. The molecule has 0 bridgehead atoms. The number of carbonyl (C=O) groups is 1. The summed E-state index contributed by atoms with van der Waals surface area (Å²) in [5.41, 5.74) is 5.29. The number of aryl methyl sites for hydroxylation is 2. The lowest BCUT2D eigenvalue weighted by atomic mass is 10.1. The molecule has 2 amide bonds. The lowest BCUT2D eigenvalue weighted by Crippen LogP contribution is -2.35. The van der Waals surface area contributed by atoms with Crippen LogP contribution in [0.25, 0.3) is 11.1 Å². The van der Waals surface area contributed by atoms with Gasteiger partial charge in [0.25, 0.3) is 6.20 Å². The van der Waals surface area contributed by atoms with E-state index in [-0.39, 0.29) is 5.88 Å². The van der Waals surface area contributed by atoms with E-state index in [1.807, 2.05) is 38.2 Å². The number of nitrogens with zero attached hydrogens (tertiary/aromatic N) is 5. The smallest absolute Gasteiger partial charge is 0.326 e. The lowest BCUT2D eigenvalue weighted by molar-refractivity contribution is -0.755. The highest BCUT2D eigenvalue weighted by molar-refractivity contribution is 5.98. The van der Waals surface area contributed by atoms with E-state index < -0.39 is 6.03 Å². The molecule has 0 saturated heterocycles. The molecule has 32 heavy (non-hydrogen) atoms. The standard InChI is InChI=1S/C22H21N7O3/c1-13-21(14(2)31-27-13)16-5-6-18(24-9-16)11-29-12-20(32-28-29)26-22(30)25-19-7-17(8-23-10-19)15-3-4-15/h5-10,12,15H,3-4,11H2,1-2H3,(H-,25,26,28,30)/p+1. The minimum absolute atomic E-state index is 0.223. The molecule has 10 nitrogen and oxygen atoms in total. The average Bonchev–Trinajstić information content (AvgIpc) is 3.46. The van der Waals surface area contributed by atoms with Gasteiger partial charge in [0, 0.05) is 23.5 Å². The minimum Gasteiger partial charge on any atom is -0.361 e. The molecule has 0 spiro atoms. The van der Waals surface area contributed by atoms with Crippen LogP contribution in [0.1, 0.15) is 41.5 Å². The molecule has 10 heteroatoms. The molecular formula is C22H22N7O3+. The third-order valence-electron chi connectivity index (χ3n) is 5.28. The number of carbonyl (C=O) groups excluding carboxylic acids is 1.